The van der Waals surface area contributed by atoms with E-state index in [4.69, 9.17) is 0 Å². The molecule has 25 heavy (non-hydrogen) atoms. The summed E-state index contributed by atoms with van der Waals surface area (Å²) in [6.07, 6.45) is 0.600. The highest BCUT2D eigenvalue weighted by atomic mass is 16.3. The molecule has 1 heterocycles. The van der Waals surface area contributed by atoms with E-state index in [1.165, 1.54) is 4.90 Å². The minimum absolute atomic E-state index is 0.0429. The molecule has 1 aliphatic rings. The van der Waals surface area contributed by atoms with Gasteiger partial charge in [-0.3, -0.25) is 19.4 Å². The summed E-state index contributed by atoms with van der Waals surface area (Å²) in [5.74, 6) is -0.458. The van der Waals surface area contributed by atoms with Crippen LogP contribution in [0.1, 0.15) is 38.7 Å². The number of carbonyl (C=O) groups is 2. The van der Waals surface area contributed by atoms with Crippen LogP contribution in [0, 0.1) is 0 Å². The van der Waals surface area contributed by atoms with Crippen LogP contribution in [0.25, 0.3) is 0 Å². The van der Waals surface area contributed by atoms with Gasteiger partial charge in [-0.1, -0.05) is 42.5 Å². The predicted molar refractivity (Wildman–Crippen MR) is 95.3 cm³/mol. The molecule has 3 rings (SSSR count). The fourth-order valence-electron chi connectivity index (χ4n) is 3.29. The van der Waals surface area contributed by atoms with Crippen molar-refractivity contribution >= 4 is 11.8 Å². The average Bonchev–Trinajstić information content (AvgIpc) is 2.89. The summed E-state index contributed by atoms with van der Waals surface area (Å²) in [6.45, 7) is 0.958. The summed E-state index contributed by atoms with van der Waals surface area (Å²) in [6, 6.07) is 16.9. The third-order valence-electron chi connectivity index (χ3n) is 4.67. The third-order valence-corrected chi connectivity index (χ3v) is 4.67. The minimum atomic E-state index is -0.229. The lowest BCUT2D eigenvalue weighted by atomic mass is 10.0. The molecule has 1 aliphatic heterocycles. The number of hydrogen-bond acceptors (Lipinski definition) is 4. The van der Waals surface area contributed by atoms with E-state index in [0.717, 1.165) is 5.56 Å². The zero-order valence-electron chi connectivity index (χ0n) is 14.3. The second kappa shape index (κ2) is 7.59. The van der Waals surface area contributed by atoms with Gasteiger partial charge in [-0.25, -0.2) is 0 Å². The molecule has 0 fully saturated rings. The number of benzene rings is 2. The average molecular weight is 338 g/mol. The van der Waals surface area contributed by atoms with Crippen LogP contribution in [0.2, 0.25) is 0 Å². The third kappa shape index (κ3) is 3.48. The van der Waals surface area contributed by atoms with Crippen LogP contribution in [-0.4, -0.2) is 53.5 Å². The quantitative estimate of drug-likeness (QED) is 0.787. The number of carbonyl (C=O) groups excluding carboxylic acids is 2. The molecule has 130 valence electrons. The molecule has 2 aromatic carbocycles. The van der Waals surface area contributed by atoms with Crippen molar-refractivity contribution in [3.8, 4) is 0 Å². The van der Waals surface area contributed by atoms with Gasteiger partial charge in [0, 0.05) is 25.7 Å². The summed E-state index contributed by atoms with van der Waals surface area (Å²) in [7, 11) is 1.95. The molecule has 1 unspecified atom stereocenters. The maximum Gasteiger partial charge on any atom is 0.261 e. The monoisotopic (exact) mass is 338 g/mol. The minimum Gasteiger partial charge on any atom is -0.396 e. The second-order valence-corrected chi connectivity index (χ2v) is 6.23. The van der Waals surface area contributed by atoms with E-state index in [-0.39, 0.29) is 24.5 Å². The van der Waals surface area contributed by atoms with Crippen LogP contribution >= 0.6 is 0 Å². The van der Waals surface area contributed by atoms with Crippen LogP contribution in [0.4, 0.5) is 0 Å². The molecule has 5 heteroatoms. The van der Waals surface area contributed by atoms with E-state index in [1.807, 2.05) is 37.4 Å². The van der Waals surface area contributed by atoms with E-state index >= 15 is 0 Å². The Morgan fingerprint density at radius 3 is 2.08 bits per heavy atom. The largest absolute Gasteiger partial charge is 0.396 e. The molecule has 2 amide bonds. The first-order valence-corrected chi connectivity index (χ1v) is 8.44. The van der Waals surface area contributed by atoms with Crippen LogP contribution in [-0.2, 0) is 0 Å². The number of amides is 2. The molecule has 0 saturated carbocycles. The summed E-state index contributed by atoms with van der Waals surface area (Å²) < 4.78 is 0. The summed E-state index contributed by atoms with van der Waals surface area (Å²) in [5.41, 5.74) is 2.07. The number of fused-ring (bicyclic) bond motifs is 1. The Bertz CT molecular complexity index is 726. The SMILES string of the molecule is CN(CCN1C(=O)c2ccccc2C1=O)C(CCO)c1ccccc1. The second-order valence-electron chi connectivity index (χ2n) is 6.23. The number of aliphatic hydroxyl groups is 1. The summed E-state index contributed by atoms with van der Waals surface area (Å²) in [5, 5.41) is 9.38. The Labute approximate surface area is 147 Å². The topological polar surface area (TPSA) is 60.9 Å². The number of rotatable bonds is 7. The van der Waals surface area contributed by atoms with E-state index < -0.39 is 0 Å². The number of nitrogens with zero attached hydrogens (tertiary/aromatic N) is 2. The number of hydrogen-bond donors (Lipinski definition) is 1. The van der Waals surface area contributed by atoms with Crippen LogP contribution in [0.15, 0.2) is 54.6 Å². The van der Waals surface area contributed by atoms with Gasteiger partial charge in [-0.05, 0) is 31.2 Å². The smallest absolute Gasteiger partial charge is 0.261 e. The van der Waals surface area contributed by atoms with Crippen molar-refractivity contribution in [3.05, 3.63) is 71.3 Å². The lowest BCUT2D eigenvalue weighted by Gasteiger charge is -2.29. The predicted octanol–water partition coefficient (Wildman–Crippen LogP) is 2.34. The molecule has 0 saturated heterocycles. The molecule has 1 atom stereocenters. The zero-order valence-corrected chi connectivity index (χ0v) is 14.3. The molecule has 0 spiro atoms. The molecular weight excluding hydrogens is 316 g/mol. The van der Waals surface area contributed by atoms with E-state index in [2.05, 4.69) is 4.90 Å². The van der Waals surface area contributed by atoms with Gasteiger partial charge in [0.1, 0.15) is 0 Å². The highest BCUT2D eigenvalue weighted by molar-refractivity contribution is 6.21. The normalized spacial score (nSPS) is 14.9. The molecule has 1 N–H and O–H groups in total. The number of likely N-dealkylation sites (N-methyl/N-ethyl adjacent to an activating group) is 1. The van der Waals surface area contributed by atoms with Gasteiger partial charge in [0.05, 0.1) is 11.1 Å². The van der Waals surface area contributed by atoms with Gasteiger partial charge in [0.2, 0.25) is 0 Å². The van der Waals surface area contributed by atoms with Crippen molar-refractivity contribution in [2.75, 3.05) is 26.7 Å². The standard InChI is InChI=1S/C20H22N2O3/c1-21(18(11-14-23)15-7-3-2-4-8-15)12-13-22-19(24)16-9-5-6-10-17(16)20(22)25/h2-10,18,23H,11-14H2,1H3. The Morgan fingerprint density at radius 1 is 0.960 bits per heavy atom. The van der Waals surface area contributed by atoms with Crippen molar-refractivity contribution in [1.82, 2.24) is 9.80 Å². The lowest BCUT2D eigenvalue weighted by Crippen LogP contribution is -2.38. The molecule has 0 radical (unpaired) electrons. The molecule has 5 nitrogen and oxygen atoms in total. The van der Waals surface area contributed by atoms with Gasteiger partial charge < -0.3 is 5.11 Å². The lowest BCUT2D eigenvalue weighted by molar-refractivity contribution is 0.0628. The first kappa shape index (κ1) is 17.3. The Morgan fingerprint density at radius 2 is 1.52 bits per heavy atom. The summed E-state index contributed by atoms with van der Waals surface area (Å²) in [4.78, 5) is 28.2. The highest BCUT2D eigenvalue weighted by Crippen LogP contribution is 2.25. The number of imide groups is 1. The van der Waals surface area contributed by atoms with Gasteiger partial charge in [0.15, 0.2) is 0 Å². The molecule has 0 bridgehead atoms. The Balaban J connectivity index is 1.68. The van der Waals surface area contributed by atoms with E-state index in [1.54, 1.807) is 24.3 Å². The van der Waals surface area contributed by atoms with Crippen molar-refractivity contribution in [3.63, 3.8) is 0 Å². The van der Waals surface area contributed by atoms with Gasteiger partial charge in [-0.2, -0.15) is 0 Å². The zero-order chi connectivity index (χ0) is 17.8. The molecule has 0 aliphatic carbocycles. The van der Waals surface area contributed by atoms with Crippen molar-refractivity contribution < 1.29 is 14.7 Å². The highest BCUT2D eigenvalue weighted by Gasteiger charge is 2.35. The maximum atomic E-state index is 12.4. The van der Waals surface area contributed by atoms with Crippen LogP contribution in [0.3, 0.4) is 0 Å². The first-order chi connectivity index (χ1) is 12.1. The summed E-state index contributed by atoms with van der Waals surface area (Å²) >= 11 is 0. The van der Waals surface area contributed by atoms with Crippen LogP contribution in [0.5, 0.6) is 0 Å². The molecule has 0 aromatic heterocycles. The molecule has 2 aromatic rings. The first-order valence-electron chi connectivity index (χ1n) is 8.44. The molecular formula is C20H22N2O3. The van der Waals surface area contributed by atoms with Crippen molar-refractivity contribution in [2.45, 2.75) is 12.5 Å². The van der Waals surface area contributed by atoms with Crippen molar-refractivity contribution in [2.24, 2.45) is 0 Å². The fourth-order valence-corrected chi connectivity index (χ4v) is 3.29. The maximum absolute atomic E-state index is 12.4. The van der Waals surface area contributed by atoms with E-state index in [0.29, 0.717) is 30.6 Å². The van der Waals surface area contributed by atoms with Crippen molar-refractivity contribution in [1.29, 1.82) is 0 Å². The van der Waals surface area contributed by atoms with Gasteiger partial charge >= 0.3 is 0 Å². The van der Waals surface area contributed by atoms with Crippen LogP contribution < -0.4 is 0 Å². The van der Waals surface area contributed by atoms with Gasteiger partial charge in [-0.15, -0.1) is 0 Å². The number of aliphatic hydroxyl groups excluding tert-OH is 1. The Kier molecular flexibility index (Phi) is 5.26. The fraction of sp³-hybridized carbons (Fsp3) is 0.300. The van der Waals surface area contributed by atoms with Gasteiger partial charge in [0.25, 0.3) is 11.8 Å². The van der Waals surface area contributed by atoms with E-state index in [9.17, 15) is 14.7 Å². The Hall–Kier alpha value is -2.50.